The highest BCUT2D eigenvalue weighted by molar-refractivity contribution is 4.98. The topological polar surface area (TPSA) is 78.1 Å². The highest BCUT2D eigenvalue weighted by atomic mass is 14.9. The molecule has 1 rings (SSSR count). The Morgan fingerprint density at radius 2 is 1.43 bits per heavy atom. The first kappa shape index (κ1) is 5.03. The molecule has 2 unspecified atom stereocenters. The van der Waals surface area contributed by atoms with Crippen LogP contribution < -0.4 is 17.2 Å². The summed E-state index contributed by atoms with van der Waals surface area (Å²) < 4.78 is 0. The van der Waals surface area contributed by atoms with Gasteiger partial charge in [0.15, 0.2) is 0 Å². The van der Waals surface area contributed by atoms with Crippen LogP contribution in [-0.4, -0.2) is 18.1 Å². The van der Waals surface area contributed by atoms with E-state index in [1.807, 2.05) is 0 Å². The largest absolute Gasteiger partial charge is 0.326 e. The van der Waals surface area contributed by atoms with Crippen molar-refractivity contribution < 1.29 is 0 Å². The third-order valence-corrected chi connectivity index (χ3v) is 1.53. The van der Waals surface area contributed by atoms with Crippen LogP contribution in [0, 0.1) is 0 Å². The van der Waals surface area contributed by atoms with E-state index in [0.717, 1.165) is 6.42 Å². The van der Waals surface area contributed by atoms with Gasteiger partial charge in [0.1, 0.15) is 0 Å². The van der Waals surface area contributed by atoms with Gasteiger partial charge in [-0.3, -0.25) is 0 Å². The van der Waals surface area contributed by atoms with Gasteiger partial charge in [0.25, 0.3) is 0 Å². The predicted octanol–water partition coefficient (Wildman–Crippen LogP) is -1.63. The summed E-state index contributed by atoms with van der Waals surface area (Å²) in [6.07, 6.45) is 0.890. The van der Waals surface area contributed by atoms with Crippen LogP contribution in [0.2, 0.25) is 0 Å². The molecule has 2 atom stereocenters. The molecule has 0 spiro atoms. The molecule has 0 aromatic carbocycles. The molecule has 0 aromatic heterocycles. The molecular weight excluding hydrogens is 90.1 g/mol. The van der Waals surface area contributed by atoms with Crippen LogP contribution in [0.25, 0.3) is 0 Å². The lowest BCUT2D eigenvalue weighted by Crippen LogP contribution is -2.64. The second kappa shape index (κ2) is 1.43. The van der Waals surface area contributed by atoms with Crippen LogP contribution in [-0.2, 0) is 0 Å². The van der Waals surface area contributed by atoms with Crippen LogP contribution in [0.15, 0.2) is 0 Å². The smallest absolute Gasteiger partial charge is 0.0347 e. The summed E-state index contributed by atoms with van der Waals surface area (Å²) in [5.41, 5.74) is 16.2. The molecule has 0 amide bonds. The van der Waals surface area contributed by atoms with E-state index < -0.39 is 0 Å². The highest BCUT2D eigenvalue weighted by Gasteiger charge is 2.32. The van der Waals surface area contributed by atoms with Crippen molar-refractivity contribution in [3.05, 3.63) is 0 Å². The van der Waals surface area contributed by atoms with E-state index in [1.54, 1.807) is 0 Å². The zero-order chi connectivity index (χ0) is 5.44. The van der Waals surface area contributed by atoms with Gasteiger partial charge in [-0.1, -0.05) is 0 Å². The van der Waals surface area contributed by atoms with Crippen molar-refractivity contribution in [1.29, 1.82) is 0 Å². The van der Waals surface area contributed by atoms with Crippen molar-refractivity contribution in [3.8, 4) is 0 Å². The summed E-state index contributed by atoms with van der Waals surface area (Å²) in [5.74, 6) is 0. The standard InChI is InChI=1S/C4H11N3/c5-2-1-3(6)4(2)7/h2-4H,1,5-7H2. The van der Waals surface area contributed by atoms with Crippen molar-refractivity contribution >= 4 is 0 Å². The lowest BCUT2D eigenvalue weighted by Gasteiger charge is -2.37. The molecule has 1 saturated carbocycles. The van der Waals surface area contributed by atoms with Crippen LogP contribution >= 0.6 is 0 Å². The minimum Gasteiger partial charge on any atom is -0.326 e. The van der Waals surface area contributed by atoms with Gasteiger partial charge >= 0.3 is 0 Å². The van der Waals surface area contributed by atoms with E-state index in [2.05, 4.69) is 0 Å². The first-order chi connectivity index (χ1) is 3.22. The number of hydrogen-bond acceptors (Lipinski definition) is 3. The van der Waals surface area contributed by atoms with Crippen molar-refractivity contribution in [2.45, 2.75) is 24.5 Å². The van der Waals surface area contributed by atoms with E-state index >= 15 is 0 Å². The normalized spacial score (nSPS) is 51.0. The lowest BCUT2D eigenvalue weighted by molar-refractivity contribution is 0.290. The monoisotopic (exact) mass is 101 g/mol. The molecule has 0 aromatic rings. The Balaban J connectivity index is 2.29. The number of hydrogen-bond donors (Lipinski definition) is 3. The number of rotatable bonds is 0. The van der Waals surface area contributed by atoms with Crippen molar-refractivity contribution in [3.63, 3.8) is 0 Å². The van der Waals surface area contributed by atoms with E-state index in [1.165, 1.54) is 0 Å². The fourth-order valence-electron chi connectivity index (χ4n) is 0.750. The highest BCUT2D eigenvalue weighted by Crippen LogP contribution is 2.12. The Kier molecular flexibility index (Phi) is 1.03. The molecule has 1 fully saturated rings. The van der Waals surface area contributed by atoms with Crippen LogP contribution in [0.5, 0.6) is 0 Å². The molecule has 42 valence electrons. The van der Waals surface area contributed by atoms with Crippen LogP contribution in [0.4, 0.5) is 0 Å². The summed E-state index contributed by atoms with van der Waals surface area (Å²) in [4.78, 5) is 0. The van der Waals surface area contributed by atoms with Crippen LogP contribution in [0.3, 0.4) is 0 Å². The Hall–Kier alpha value is -0.120. The van der Waals surface area contributed by atoms with Crippen molar-refractivity contribution in [1.82, 2.24) is 0 Å². The van der Waals surface area contributed by atoms with Gasteiger partial charge in [-0.2, -0.15) is 0 Å². The second-order valence-corrected chi connectivity index (χ2v) is 2.14. The third-order valence-electron chi connectivity index (χ3n) is 1.53. The first-order valence-electron chi connectivity index (χ1n) is 2.48. The quantitative estimate of drug-likeness (QED) is 0.343. The molecule has 3 nitrogen and oxygen atoms in total. The fraction of sp³-hybridized carbons (Fsp3) is 1.00. The maximum Gasteiger partial charge on any atom is 0.0347 e. The molecule has 3 heteroatoms. The van der Waals surface area contributed by atoms with E-state index in [0.29, 0.717) is 0 Å². The average molecular weight is 101 g/mol. The Morgan fingerprint density at radius 3 is 1.43 bits per heavy atom. The van der Waals surface area contributed by atoms with Gasteiger partial charge in [0.2, 0.25) is 0 Å². The van der Waals surface area contributed by atoms with Crippen LogP contribution in [0.1, 0.15) is 6.42 Å². The molecule has 0 bridgehead atoms. The van der Waals surface area contributed by atoms with E-state index in [4.69, 9.17) is 17.2 Å². The van der Waals surface area contributed by atoms with Gasteiger partial charge in [-0.05, 0) is 6.42 Å². The Morgan fingerprint density at radius 1 is 1.00 bits per heavy atom. The SMILES string of the molecule is NC1CC(N)C1N. The molecule has 0 saturated heterocycles. The molecule has 6 N–H and O–H groups in total. The maximum atomic E-state index is 5.42. The second-order valence-electron chi connectivity index (χ2n) is 2.14. The molecule has 1 aliphatic rings. The summed E-state index contributed by atoms with van der Waals surface area (Å²) >= 11 is 0. The Bertz CT molecular complexity index is 65.3. The molecule has 0 radical (unpaired) electrons. The van der Waals surface area contributed by atoms with E-state index in [-0.39, 0.29) is 18.1 Å². The summed E-state index contributed by atoms with van der Waals surface area (Å²) in [5, 5.41) is 0. The van der Waals surface area contributed by atoms with Gasteiger partial charge in [0.05, 0.1) is 0 Å². The number of nitrogens with two attached hydrogens (primary N) is 3. The minimum atomic E-state index is 0.0556. The lowest BCUT2D eigenvalue weighted by atomic mass is 9.83. The molecule has 7 heavy (non-hydrogen) atoms. The molecule has 0 aliphatic heterocycles. The predicted molar refractivity (Wildman–Crippen MR) is 28.5 cm³/mol. The van der Waals surface area contributed by atoms with Gasteiger partial charge in [-0.25, -0.2) is 0 Å². The zero-order valence-electron chi connectivity index (χ0n) is 4.17. The summed E-state index contributed by atoms with van der Waals surface area (Å²) in [6.45, 7) is 0. The average Bonchev–Trinajstić information content (AvgIpc) is 1.68. The minimum absolute atomic E-state index is 0.0556. The van der Waals surface area contributed by atoms with Crippen molar-refractivity contribution in [2.75, 3.05) is 0 Å². The molecule has 1 aliphatic carbocycles. The molecular formula is C4H11N3. The fourth-order valence-corrected chi connectivity index (χ4v) is 0.750. The van der Waals surface area contributed by atoms with Gasteiger partial charge < -0.3 is 17.2 Å². The van der Waals surface area contributed by atoms with E-state index in [9.17, 15) is 0 Å². The van der Waals surface area contributed by atoms with Crippen molar-refractivity contribution in [2.24, 2.45) is 17.2 Å². The summed E-state index contributed by atoms with van der Waals surface area (Å²) in [6, 6.07) is 0.380. The molecule has 0 heterocycles. The first-order valence-corrected chi connectivity index (χ1v) is 2.48. The van der Waals surface area contributed by atoms with Gasteiger partial charge in [-0.15, -0.1) is 0 Å². The third kappa shape index (κ3) is 0.627. The Labute approximate surface area is 42.8 Å². The van der Waals surface area contributed by atoms with Gasteiger partial charge in [0, 0.05) is 18.1 Å². The maximum absolute atomic E-state index is 5.42. The zero-order valence-corrected chi connectivity index (χ0v) is 4.17. The summed E-state index contributed by atoms with van der Waals surface area (Å²) in [7, 11) is 0.